The summed E-state index contributed by atoms with van der Waals surface area (Å²) in [7, 11) is 0. The lowest BCUT2D eigenvalue weighted by Gasteiger charge is -2.29. The lowest BCUT2D eigenvalue weighted by Crippen LogP contribution is -2.35. The highest BCUT2D eigenvalue weighted by atomic mass is 16.2. The van der Waals surface area contributed by atoms with Crippen molar-refractivity contribution in [3.63, 3.8) is 0 Å². The Hall–Kier alpha value is -2.82. The van der Waals surface area contributed by atoms with Crippen LogP contribution in [0.4, 0.5) is 16.2 Å². The van der Waals surface area contributed by atoms with Gasteiger partial charge >= 0.3 is 6.03 Å². The summed E-state index contributed by atoms with van der Waals surface area (Å²) in [6.45, 7) is 3.13. The monoisotopic (exact) mass is 337 g/mol. The number of amides is 3. The summed E-state index contributed by atoms with van der Waals surface area (Å²) in [4.78, 5) is 26.0. The zero-order valence-corrected chi connectivity index (χ0v) is 14.4. The molecule has 130 valence electrons. The molecule has 2 aromatic carbocycles. The third kappa shape index (κ3) is 4.18. The van der Waals surface area contributed by atoms with Gasteiger partial charge in [-0.25, -0.2) is 4.79 Å². The lowest BCUT2D eigenvalue weighted by atomic mass is 10.0. The topological polar surface area (TPSA) is 61.4 Å². The third-order valence-corrected chi connectivity index (χ3v) is 4.36. The second kappa shape index (κ2) is 7.83. The lowest BCUT2D eigenvalue weighted by molar-refractivity contribution is -0.118. The van der Waals surface area contributed by atoms with Crippen molar-refractivity contribution in [2.24, 2.45) is 0 Å². The molecule has 25 heavy (non-hydrogen) atoms. The van der Waals surface area contributed by atoms with Crippen molar-refractivity contribution in [1.29, 1.82) is 0 Å². The molecule has 0 aliphatic carbocycles. The van der Waals surface area contributed by atoms with E-state index in [1.165, 1.54) is 0 Å². The predicted octanol–water partition coefficient (Wildman–Crippen LogP) is 3.70. The molecule has 0 unspecified atom stereocenters. The highest BCUT2D eigenvalue weighted by molar-refractivity contribution is 5.95. The Bertz CT molecular complexity index is 759. The van der Waals surface area contributed by atoms with Gasteiger partial charge in [-0.1, -0.05) is 37.3 Å². The van der Waals surface area contributed by atoms with E-state index in [0.29, 0.717) is 13.0 Å². The molecule has 0 bridgehead atoms. The molecule has 0 atom stereocenters. The maximum atomic E-state index is 12.1. The fourth-order valence-corrected chi connectivity index (χ4v) is 3.08. The minimum Gasteiger partial charge on any atom is -0.334 e. The van der Waals surface area contributed by atoms with Crippen molar-refractivity contribution in [3.05, 3.63) is 59.7 Å². The molecule has 0 spiro atoms. The quantitative estimate of drug-likeness (QED) is 0.894. The molecule has 1 aliphatic rings. The van der Waals surface area contributed by atoms with Gasteiger partial charge in [0.2, 0.25) is 5.91 Å². The summed E-state index contributed by atoms with van der Waals surface area (Å²) in [5, 5.41) is 5.72. The second-order valence-electron chi connectivity index (χ2n) is 6.14. The van der Waals surface area contributed by atoms with Crippen LogP contribution in [-0.2, 0) is 17.8 Å². The number of hydrogen-bond acceptors (Lipinski definition) is 2. The minimum absolute atomic E-state index is 0.141. The number of nitrogens with zero attached hydrogens (tertiary/aromatic N) is 1. The molecular formula is C20H23N3O2. The smallest absolute Gasteiger partial charge is 0.319 e. The molecule has 0 aromatic heterocycles. The van der Waals surface area contributed by atoms with Crippen molar-refractivity contribution in [1.82, 2.24) is 5.32 Å². The Morgan fingerprint density at radius 1 is 1.12 bits per heavy atom. The van der Waals surface area contributed by atoms with Crippen LogP contribution < -0.4 is 15.5 Å². The summed E-state index contributed by atoms with van der Waals surface area (Å²) >= 11 is 0. The third-order valence-electron chi connectivity index (χ3n) is 4.36. The number of nitrogens with one attached hydrogen (secondary N) is 2. The van der Waals surface area contributed by atoms with Crippen molar-refractivity contribution >= 4 is 23.3 Å². The summed E-state index contributed by atoms with van der Waals surface area (Å²) in [5.74, 6) is 0.141. The molecule has 1 aliphatic heterocycles. The van der Waals surface area contributed by atoms with Crippen LogP contribution in [0.15, 0.2) is 48.5 Å². The number of hydrogen-bond donors (Lipinski definition) is 2. The molecule has 5 nitrogen and oxygen atoms in total. The van der Waals surface area contributed by atoms with Gasteiger partial charge in [-0.3, -0.25) is 4.79 Å². The molecule has 0 radical (unpaired) electrons. The van der Waals surface area contributed by atoms with Gasteiger partial charge in [0, 0.05) is 30.9 Å². The van der Waals surface area contributed by atoms with Crippen molar-refractivity contribution in [2.45, 2.75) is 32.7 Å². The Morgan fingerprint density at radius 2 is 1.92 bits per heavy atom. The summed E-state index contributed by atoms with van der Waals surface area (Å²) in [5.41, 5.74) is 3.87. The number of rotatable bonds is 4. The number of carbonyl (C=O) groups excluding carboxylic acids is 2. The van der Waals surface area contributed by atoms with Crippen LogP contribution in [0.1, 0.15) is 30.9 Å². The van der Waals surface area contributed by atoms with Crippen LogP contribution in [0.2, 0.25) is 0 Å². The van der Waals surface area contributed by atoms with Crippen molar-refractivity contribution in [3.8, 4) is 0 Å². The molecule has 3 amide bonds. The van der Waals surface area contributed by atoms with Crippen molar-refractivity contribution < 1.29 is 9.59 Å². The highest BCUT2D eigenvalue weighted by Crippen LogP contribution is 2.30. The average Bonchev–Trinajstić information content (AvgIpc) is 2.66. The molecule has 0 saturated heterocycles. The van der Waals surface area contributed by atoms with Gasteiger partial charge in [0.25, 0.3) is 0 Å². The zero-order valence-electron chi connectivity index (χ0n) is 14.4. The zero-order chi connectivity index (χ0) is 17.6. The van der Waals surface area contributed by atoms with E-state index in [4.69, 9.17) is 0 Å². The Morgan fingerprint density at radius 3 is 2.68 bits per heavy atom. The van der Waals surface area contributed by atoms with Gasteiger partial charge in [-0.2, -0.15) is 0 Å². The first-order valence-corrected chi connectivity index (χ1v) is 8.69. The number of benzene rings is 2. The number of urea groups is 1. The predicted molar refractivity (Wildman–Crippen MR) is 99.7 cm³/mol. The normalized spacial score (nSPS) is 13.1. The van der Waals surface area contributed by atoms with Gasteiger partial charge in [0.05, 0.1) is 0 Å². The van der Waals surface area contributed by atoms with Crippen LogP contribution in [0.3, 0.4) is 0 Å². The minimum atomic E-state index is -0.235. The van der Waals surface area contributed by atoms with E-state index in [0.717, 1.165) is 41.9 Å². The molecule has 2 N–H and O–H groups in total. The fourth-order valence-electron chi connectivity index (χ4n) is 3.08. The van der Waals surface area contributed by atoms with E-state index < -0.39 is 0 Å². The van der Waals surface area contributed by atoms with E-state index in [1.54, 1.807) is 0 Å². The summed E-state index contributed by atoms with van der Waals surface area (Å²) in [6, 6.07) is 15.3. The van der Waals surface area contributed by atoms with Gasteiger partial charge in [-0.05, 0) is 42.2 Å². The van der Waals surface area contributed by atoms with E-state index in [1.807, 2.05) is 60.4 Å². The maximum absolute atomic E-state index is 12.1. The van der Waals surface area contributed by atoms with Crippen LogP contribution in [-0.4, -0.2) is 18.5 Å². The summed E-state index contributed by atoms with van der Waals surface area (Å²) < 4.78 is 0. The molecule has 1 heterocycles. The molecule has 0 saturated carbocycles. The highest BCUT2D eigenvalue weighted by Gasteiger charge is 2.21. The van der Waals surface area contributed by atoms with Gasteiger partial charge in [-0.15, -0.1) is 0 Å². The number of aryl methyl sites for hydroxylation is 1. The van der Waals surface area contributed by atoms with E-state index in [-0.39, 0.29) is 11.9 Å². The SMILES string of the molecule is CCC(=O)N1CCCc2cc(NC(=O)NCc3ccccc3)ccc21. The van der Waals surface area contributed by atoms with Gasteiger partial charge < -0.3 is 15.5 Å². The van der Waals surface area contributed by atoms with Crippen LogP contribution in [0.25, 0.3) is 0 Å². The summed E-state index contributed by atoms with van der Waals surface area (Å²) in [6.07, 6.45) is 2.37. The Labute approximate surface area is 148 Å². The maximum Gasteiger partial charge on any atom is 0.319 e. The first-order chi connectivity index (χ1) is 12.2. The molecule has 0 fully saturated rings. The molecule has 5 heteroatoms. The Kier molecular flexibility index (Phi) is 5.33. The van der Waals surface area contributed by atoms with E-state index in [9.17, 15) is 9.59 Å². The van der Waals surface area contributed by atoms with Crippen LogP contribution in [0.5, 0.6) is 0 Å². The van der Waals surface area contributed by atoms with Crippen LogP contribution in [0, 0.1) is 0 Å². The standard InChI is InChI=1S/C20H23N3O2/c1-2-19(24)23-12-6-9-16-13-17(10-11-18(16)23)22-20(25)21-14-15-7-4-3-5-8-15/h3-5,7-8,10-11,13H,2,6,9,12,14H2,1H3,(H2,21,22,25). The van der Waals surface area contributed by atoms with E-state index in [2.05, 4.69) is 10.6 Å². The van der Waals surface area contributed by atoms with E-state index >= 15 is 0 Å². The fraction of sp³-hybridized carbons (Fsp3) is 0.300. The second-order valence-corrected chi connectivity index (χ2v) is 6.14. The number of fused-ring (bicyclic) bond motifs is 1. The molecule has 3 rings (SSSR count). The van der Waals surface area contributed by atoms with Crippen LogP contribution >= 0.6 is 0 Å². The number of carbonyl (C=O) groups is 2. The first kappa shape index (κ1) is 17.0. The Balaban J connectivity index is 1.64. The van der Waals surface area contributed by atoms with Crippen molar-refractivity contribution in [2.75, 3.05) is 16.8 Å². The number of anilines is 2. The van der Waals surface area contributed by atoms with Gasteiger partial charge in [0.15, 0.2) is 0 Å². The average molecular weight is 337 g/mol. The molecular weight excluding hydrogens is 314 g/mol. The first-order valence-electron chi connectivity index (χ1n) is 8.69. The molecule has 2 aromatic rings. The van der Waals surface area contributed by atoms with Gasteiger partial charge in [0.1, 0.15) is 0 Å². The largest absolute Gasteiger partial charge is 0.334 e.